The topological polar surface area (TPSA) is 88.1 Å². The smallest absolute Gasteiger partial charge is 0.303 e. The maximum absolute atomic E-state index is 12.5. The van der Waals surface area contributed by atoms with Crippen molar-refractivity contribution >= 4 is 17.7 Å². The van der Waals surface area contributed by atoms with E-state index in [9.17, 15) is 14.4 Å². The number of carbonyl (C=O) groups is 3. The van der Waals surface area contributed by atoms with Gasteiger partial charge in [-0.05, 0) is 18.1 Å². The van der Waals surface area contributed by atoms with Gasteiger partial charge in [0, 0.05) is 19.8 Å². The van der Waals surface area contributed by atoms with Crippen LogP contribution >= 0.6 is 0 Å². The molecule has 0 saturated carbocycles. The maximum atomic E-state index is 12.5. The largest absolute Gasteiger partial charge is 0.463 e. The van der Waals surface area contributed by atoms with E-state index < -0.39 is 36.4 Å². The van der Waals surface area contributed by atoms with Gasteiger partial charge in [0.1, 0.15) is 18.8 Å². The zero-order chi connectivity index (χ0) is 16.0. The second kappa shape index (κ2) is 5.48. The molecule has 3 aliphatic rings. The van der Waals surface area contributed by atoms with Gasteiger partial charge >= 0.3 is 11.9 Å². The highest BCUT2D eigenvalue weighted by Crippen LogP contribution is 2.49. The van der Waals surface area contributed by atoms with Crippen molar-refractivity contribution in [3.05, 3.63) is 11.1 Å². The first-order chi connectivity index (χ1) is 10.4. The zero-order valence-corrected chi connectivity index (χ0v) is 12.7. The molecule has 120 valence electrons. The molecule has 0 radical (unpaired) electrons. The van der Waals surface area contributed by atoms with Gasteiger partial charge in [-0.2, -0.15) is 0 Å². The van der Waals surface area contributed by atoms with Crippen LogP contribution in [0.3, 0.4) is 0 Å². The van der Waals surface area contributed by atoms with Crippen LogP contribution in [0, 0.1) is 11.8 Å². The van der Waals surface area contributed by atoms with Gasteiger partial charge in [0.25, 0.3) is 0 Å². The van der Waals surface area contributed by atoms with Gasteiger partial charge < -0.3 is 18.9 Å². The van der Waals surface area contributed by atoms with Crippen LogP contribution in [0.4, 0.5) is 0 Å². The molecule has 0 spiro atoms. The lowest BCUT2D eigenvalue weighted by Crippen LogP contribution is -2.54. The van der Waals surface area contributed by atoms with E-state index in [1.807, 2.05) is 0 Å². The van der Waals surface area contributed by atoms with E-state index >= 15 is 0 Å². The molecule has 0 aromatic carbocycles. The van der Waals surface area contributed by atoms with E-state index in [4.69, 9.17) is 18.9 Å². The molecule has 7 heteroatoms. The second-order valence-electron chi connectivity index (χ2n) is 5.80. The summed E-state index contributed by atoms with van der Waals surface area (Å²) in [4.78, 5) is 35.0. The van der Waals surface area contributed by atoms with E-state index in [-0.39, 0.29) is 18.3 Å². The standard InChI is InChI=1S/C15H18O7/c1-6-9-4-20-15-11(9)12(13(6)18)14(21-8(3)17)10(22-15)5-19-7(2)16/h10-12,14-15H,4-5H2,1-3H3. The number of carbonyl (C=O) groups excluding carboxylic acids is 3. The van der Waals surface area contributed by atoms with Crippen molar-refractivity contribution < 1.29 is 33.3 Å². The molecular weight excluding hydrogens is 292 g/mol. The lowest BCUT2D eigenvalue weighted by Gasteiger charge is -2.40. The van der Waals surface area contributed by atoms with Crippen molar-refractivity contribution in [3.8, 4) is 0 Å². The van der Waals surface area contributed by atoms with Crippen molar-refractivity contribution in [1.82, 2.24) is 0 Å². The van der Waals surface area contributed by atoms with Crippen LogP contribution in [-0.2, 0) is 33.3 Å². The SMILES string of the molecule is CC(=O)OCC1OC2OCC3=C(C)C(=O)C(C1OC(C)=O)C32. The van der Waals surface area contributed by atoms with Crippen molar-refractivity contribution in [2.45, 2.75) is 39.3 Å². The van der Waals surface area contributed by atoms with Crippen LogP contribution in [0.2, 0.25) is 0 Å². The summed E-state index contributed by atoms with van der Waals surface area (Å²) in [6.45, 7) is 4.58. The summed E-state index contributed by atoms with van der Waals surface area (Å²) in [6.07, 6.45) is -2.05. The van der Waals surface area contributed by atoms with Crippen molar-refractivity contribution in [2.24, 2.45) is 11.8 Å². The Balaban J connectivity index is 1.89. The summed E-state index contributed by atoms with van der Waals surface area (Å²) in [5.41, 5.74) is 1.58. The van der Waals surface area contributed by atoms with Gasteiger partial charge in [-0.3, -0.25) is 14.4 Å². The average Bonchev–Trinajstić information content (AvgIpc) is 2.95. The van der Waals surface area contributed by atoms with Gasteiger partial charge in [0.15, 0.2) is 12.1 Å². The predicted octanol–water partition coefficient (Wildman–Crippen LogP) is 0.368. The first-order valence-electron chi connectivity index (χ1n) is 7.21. The molecule has 7 nitrogen and oxygen atoms in total. The Kier molecular flexibility index (Phi) is 3.78. The highest BCUT2D eigenvalue weighted by molar-refractivity contribution is 6.01. The third kappa shape index (κ3) is 2.34. The number of allylic oxidation sites excluding steroid dienone is 1. The molecule has 2 fully saturated rings. The molecule has 5 unspecified atom stereocenters. The minimum absolute atomic E-state index is 0.0457. The number of hydrogen-bond acceptors (Lipinski definition) is 7. The molecule has 1 aliphatic carbocycles. The van der Waals surface area contributed by atoms with E-state index in [2.05, 4.69) is 0 Å². The number of hydrogen-bond donors (Lipinski definition) is 0. The van der Waals surface area contributed by atoms with E-state index in [0.717, 1.165) is 5.57 Å². The van der Waals surface area contributed by atoms with Crippen LogP contribution in [0.1, 0.15) is 20.8 Å². The second-order valence-corrected chi connectivity index (χ2v) is 5.80. The van der Waals surface area contributed by atoms with Gasteiger partial charge in [-0.1, -0.05) is 0 Å². The summed E-state index contributed by atoms with van der Waals surface area (Å²) < 4.78 is 21.7. The summed E-state index contributed by atoms with van der Waals surface area (Å²) in [6, 6.07) is 0. The molecule has 0 N–H and O–H groups in total. The number of esters is 2. The lowest BCUT2D eigenvalue weighted by molar-refractivity contribution is -0.247. The predicted molar refractivity (Wildman–Crippen MR) is 71.5 cm³/mol. The minimum Gasteiger partial charge on any atom is -0.463 e. The van der Waals surface area contributed by atoms with Crippen LogP contribution in [0.5, 0.6) is 0 Å². The Morgan fingerprint density at radius 2 is 1.95 bits per heavy atom. The third-order valence-electron chi connectivity index (χ3n) is 4.42. The Labute approximate surface area is 127 Å². The van der Waals surface area contributed by atoms with Crippen molar-refractivity contribution in [3.63, 3.8) is 0 Å². The normalized spacial score (nSPS) is 36.3. The monoisotopic (exact) mass is 310 g/mol. The summed E-state index contributed by atoms with van der Waals surface area (Å²) in [5, 5.41) is 0. The highest BCUT2D eigenvalue weighted by atomic mass is 16.7. The van der Waals surface area contributed by atoms with Gasteiger partial charge in [-0.25, -0.2) is 0 Å². The Morgan fingerprint density at radius 3 is 2.59 bits per heavy atom. The molecule has 5 atom stereocenters. The molecule has 2 aliphatic heterocycles. The van der Waals surface area contributed by atoms with Gasteiger partial charge in [0.2, 0.25) is 0 Å². The molecule has 2 heterocycles. The van der Waals surface area contributed by atoms with Crippen LogP contribution in [0.25, 0.3) is 0 Å². The summed E-state index contributed by atoms with van der Waals surface area (Å²) in [7, 11) is 0. The summed E-state index contributed by atoms with van der Waals surface area (Å²) in [5.74, 6) is -1.76. The van der Waals surface area contributed by atoms with Gasteiger partial charge in [0.05, 0.1) is 12.5 Å². The fourth-order valence-electron chi connectivity index (χ4n) is 3.48. The first-order valence-corrected chi connectivity index (χ1v) is 7.21. The molecule has 3 rings (SSSR count). The molecule has 22 heavy (non-hydrogen) atoms. The van der Waals surface area contributed by atoms with Crippen LogP contribution < -0.4 is 0 Å². The fourth-order valence-corrected chi connectivity index (χ4v) is 3.48. The number of Topliss-reactive ketones (excluding diaryl/α,β-unsaturated/α-hetero) is 1. The third-order valence-corrected chi connectivity index (χ3v) is 4.42. The molecule has 0 amide bonds. The van der Waals surface area contributed by atoms with E-state index in [1.165, 1.54) is 13.8 Å². The minimum atomic E-state index is -0.778. The summed E-state index contributed by atoms with van der Waals surface area (Å²) >= 11 is 0. The van der Waals surface area contributed by atoms with Gasteiger partial charge in [-0.15, -0.1) is 0 Å². The fraction of sp³-hybridized carbons (Fsp3) is 0.667. The highest BCUT2D eigenvalue weighted by Gasteiger charge is 2.59. The molecule has 0 bridgehead atoms. The molecular formula is C15H18O7. The molecule has 0 aromatic rings. The van der Waals surface area contributed by atoms with E-state index in [1.54, 1.807) is 6.92 Å². The number of ether oxygens (including phenoxy) is 4. The van der Waals surface area contributed by atoms with Crippen LogP contribution in [-0.4, -0.2) is 49.4 Å². The number of ketones is 1. The Bertz CT molecular complexity index is 564. The number of rotatable bonds is 3. The zero-order valence-electron chi connectivity index (χ0n) is 12.7. The van der Waals surface area contributed by atoms with Crippen molar-refractivity contribution in [1.29, 1.82) is 0 Å². The molecule has 0 aromatic heterocycles. The Hall–Kier alpha value is -1.73. The quantitative estimate of drug-likeness (QED) is 0.696. The van der Waals surface area contributed by atoms with Crippen LogP contribution in [0.15, 0.2) is 11.1 Å². The maximum Gasteiger partial charge on any atom is 0.303 e. The van der Waals surface area contributed by atoms with E-state index in [0.29, 0.717) is 12.2 Å². The Morgan fingerprint density at radius 1 is 1.23 bits per heavy atom. The van der Waals surface area contributed by atoms with Crippen molar-refractivity contribution in [2.75, 3.05) is 13.2 Å². The first kappa shape index (κ1) is 15.2. The average molecular weight is 310 g/mol. The molecule has 2 saturated heterocycles. The lowest BCUT2D eigenvalue weighted by atomic mass is 9.82.